The normalized spacial score (nSPS) is 22.2. The van der Waals surface area contributed by atoms with E-state index in [9.17, 15) is 0 Å². The molecule has 152 valence electrons. The molecule has 0 aliphatic carbocycles. The van der Waals surface area contributed by atoms with Gasteiger partial charge in [-0.1, -0.05) is 0 Å². The number of guanidine groups is 4. The summed E-state index contributed by atoms with van der Waals surface area (Å²) < 4.78 is 0. The molecule has 10 heteroatoms. The minimum absolute atomic E-state index is 0.0853. The average molecular weight is 379 g/mol. The largest absolute Gasteiger partial charge is 0.349 e. The van der Waals surface area contributed by atoms with E-state index >= 15 is 0 Å². The Bertz CT molecular complexity index is 648. The Kier molecular flexibility index (Phi) is 6.50. The Morgan fingerprint density at radius 2 is 1.26 bits per heavy atom. The van der Waals surface area contributed by atoms with E-state index in [1.54, 1.807) is 0 Å². The van der Waals surface area contributed by atoms with Gasteiger partial charge in [0, 0.05) is 62.4 Å². The Hall–Kier alpha value is -2.52. The molecule has 0 amide bonds. The fourth-order valence-corrected chi connectivity index (χ4v) is 2.87. The van der Waals surface area contributed by atoms with E-state index in [1.807, 2.05) is 70.8 Å². The number of rotatable bonds is 3. The monoisotopic (exact) mass is 378 g/mol. The van der Waals surface area contributed by atoms with E-state index in [1.165, 1.54) is 0 Å². The summed E-state index contributed by atoms with van der Waals surface area (Å²) in [5.41, 5.74) is 0. The van der Waals surface area contributed by atoms with Crippen molar-refractivity contribution in [2.75, 3.05) is 62.4 Å². The number of nitrogens with zero attached hydrogens (tertiary/aromatic N) is 9. The molecule has 0 unspecified atom stereocenters. The van der Waals surface area contributed by atoms with Gasteiger partial charge < -0.3 is 19.6 Å². The summed E-state index contributed by atoms with van der Waals surface area (Å²) in [6.07, 6.45) is -0.176. The smallest absolute Gasteiger partial charge is 0.205 e. The lowest BCUT2D eigenvalue weighted by molar-refractivity contribution is 0.366. The van der Waals surface area contributed by atoms with Gasteiger partial charge in [-0.2, -0.15) is 0 Å². The highest BCUT2D eigenvalue weighted by Crippen LogP contribution is 2.10. The zero-order chi connectivity index (χ0) is 20.3. The first-order valence-corrected chi connectivity index (χ1v) is 9.19. The maximum Gasteiger partial charge on any atom is 0.205 e. The third-order valence-corrected chi connectivity index (χ3v) is 4.34. The van der Waals surface area contributed by atoms with E-state index in [0.29, 0.717) is 0 Å². The maximum atomic E-state index is 4.70. The molecule has 2 heterocycles. The Morgan fingerprint density at radius 1 is 0.741 bits per heavy atom. The van der Waals surface area contributed by atoms with Crippen LogP contribution in [0.4, 0.5) is 0 Å². The molecule has 0 aromatic rings. The molecule has 27 heavy (non-hydrogen) atoms. The molecule has 1 N–H and O–H groups in total. The van der Waals surface area contributed by atoms with Crippen LogP contribution in [0.3, 0.4) is 0 Å². The van der Waals surface area contributed by atoms with Crippen molar-refractivity contribution < 1.29 is 0 Å². The number of aliphatic imine (C=N–C) groups is 4. The molecule has 0 saturated carbocycles. The number of likely N-dealkylation sites (N-methyl/N-ethyl adjacent to an activating group) is 2. The molecule has 2 rings (SSSR count). The van der Waals surface area contributed by atoms with Crippen molar-refractivity contribution in [3.05, 3.63) is 0 Å². The molecule has 2 aliphatic heterocycles. The van der Waals surface area contributed by atoms with Gasteiger partial charge >= 0.3 is 0 Å². The Balaban J connectivity index is 1.98. The van der Waals surface area contributed by atoms with Crippen LogP contribution in [-0.4, -0.2) is 123 Å². The summed E-state index contributed by atoms with van der Waals surface area (Å²) in [5, 5.41) is 3.29. The molecular formula is C17H34N10. The maximum absolute atomic E-state index is 4.70. The molecule has 0 aromatic heterocycles. The highest BCUT2D eigenvalue weighted by Gasteiger charge is 2.25. The molecule has 2 atom stereocenters. The second-order valence-electron chi connectivity index (χ2n) is 7.34. The van der Waals surface area contributed by atoms with E-state index < -0.39 is 0 Å². The summed E-state index contributed by atoms with van der Waals surface area (Å²) in [4.78, 5) is 28.6. The van der Waals surface area contributed by atoms with E-state index in [2.05, 4.69) is 37.1 Å². The van der Waals surface area contributed by atoms with Gasteiger partial charge in [0.2, 0.25) is 23.8 Å². The minimum Gasteiger partial charge on any atom is -0.349 e. The van der Waals surface area contributed by atoms with Crippen LogP contribution in [0.1, 0.15) is 13.8 Å². The number of nitrogens with one attached hydrogen (secondary N) is 1. The Morgan fingerprint density at radius 3 is 1.85 bits per heavy atom. The Labute approximate surface area is 162 Å². The summed E-state index contributed by atoms with van der Waals surface area (Å²) in [6.45, 7) is 5.59. The van der Waals surface area contributed by atoms with Crippen LogP contribution in [-0.2, 0) is 0 Å². The van der Waals surface area contributed by atoms with Crippen LogP contribution in [0.2, 0.25) is 0 Å². The molecule has 0 spiro atoms. The molecule has 2 aliphatic rings. The molecule has 0 aromatic carbocycles. The average Bonchev–Trinajstić information content (AvgIpc) is 2.60. The second kappa shape index (κ2) is 8.45. The predicted molar refractivity (Wildman–Crippen MR) is 112 cm³/mol. The van der Waals surface area contributed by atoms with Gasteiger partial charge in [0.1, 0.15) is 12.3 Å². The second-order valence-corrected chi connectivity index (χ2v) is 7.34. The van der Waals surface area contributed by atoms with Crippen LogP contribution in [0.5, 0.6) is 0 Å². The minimum atomic E-state index is -0.0904. The molecular weight excluding hydrogens is 344 g/mol. The summed E-state index contributed by atoms with van der Waals surface area (Å²) >= 11 is 0. The van der Waals surface area contributed by atoms with Crippen molar-refractivity contribution in [3.8, 4) is 0 Å². The van der Waals surface area contributed by atoms with Crippen molar-refractivity contribution in [1.82, 2.24) is 29.8 Å². The van der Waals surface area contributed by atoms with Gasteiger partial charge in [-0.25, -0.2) is 20.0 Å². The zero-order valence-electron chi connectivity index (χ0n) is 18.1. The van der Waals surface area contributed by atoms with Crippen molar-refractivity contribution >= 4 is 23.8 Å². The summed E-state index contributed by atoms with van der Waals surface area (Å²) in [5.74, 6) is 3.48. The van der Waals surface area contributed by atoms with Gasteiger partial charge in [0.05, 0.1) is 0 Å². The molecule has 0 fully saturated rings. The van der Waals surface area contributed by atoms with Crippen molar-refractivity contribution in [2.45, 2.75) is 26.2 Å². The molecule has 0 bridgehead atoms. The first-order valence-electron chi connectivity index (χ1n) is 9.19. The molecule has 10 nitrogen and oxygen atoms in total. The molecule has 0 saturated heterocycles. The first kappa shape index (κ1) is 20.8. The third-order valence-electron chi connectivity index (χ3n) is 4.34. The predicted octanol–water partition coefficient (Wildman–Crippen LogP) is -0.362. The van der Waals surface area contributed by atoms with Gasteiger partial charge in [-0.05, 0) is 13.8 Å². The fraction of sp³-hybridized carbons (Fsp3) is 0.765. The lowest BCUT2D eigenvalue weighted by atomic mass is 10.4. The van der Waals surface area contributed by atoms with Crippen LogP contribution in [0.15, 0.2) is 20.0 Å². The highest BCUT2D eigenvalue weighted by atomic mass is 15.5. The lowest BCUT2D eigenvalue weighted by Crippen LogP contribution is -2.54. The van der Waals surface area contributed by atoms with Gasteiger partial charge in [0.15, 0.2) is 0 Å². The summed E-state index contributed by atoms with van der Waals surface area (Å²) in [6, 6.07) is 0. The van der Waals surface area contributed by atoms with Crippen molar-refractivity contribution in [1.29, 1.82) is 0 Å². The number of hydrogen-bond donors (Lipinski definition) is 1. The van der Waals surface area contributed by atoms with Gasteiger partial charge in [-0.15, -0.1) is 0 Å². The van der Waals surface area contributed by atoms with Crippen LogP contribution in [0.25, 0.3) is 0 Å². The quantitative estimate of drug-likeness (QED) is 0.723. The van der Waals surface area contributed by atoms with E-state index in [4.69, 9.17) is 4.99 Å². The van der Waals surface area contributed by atoms with E-state index in [0.717, 1.165) is 36.9 Å². The first-order chi connectivity index (χ1) is 12.6. The van der Waals surface area contributed by atoms with Crippen LogP contribution >= 0.6 is 0 Å². The zero-order valence-corrected chi connectivity index (χ0v) is 18.1. The van der Waals surface area contributed by atoms with Gasteiger partial charge in [0.25, 0.3) is 0 Å². The highest BCUT2D eigenvalue weighted by molar-refractivity contribution is 6.00. The standard InChI is InChI=1S/C17H34N10/c1-12-18-14(23(3)4)22-15(19-12)25(7)10-11-26(8)17-21-13(2)20-16(24(5)6)27(17)9/h12-13H,10-11H2,1-9H3,(H,18,19,22)/t12-,13+/m1/s1. The number of hydrogen-bond acceptors (Lipinski definition) is 10. The topological polar surface area (TPSA) is 77.7 Å². The van der Waals surface area contributed by atoms with Crippen molar-refractivity contribution in [2.24, 2.45) is 20.0 Å². The van der Waals surface area contributed by atoms with Gasteiger partial charge in [-0.3, -0.25) is 10.2 Å². The van der Waals surface area contributed by atoms with Crippen molar-refractivity contribution in [3.63, 3.8) is 0 Å². The SMILES string of the molecule is C[C@@H]1N=C(N(C)C)NC(N(C)CCN(C)C2=N[C@@H](C)N=C(N(C)C)N2C)=N1. The summed E-state index contributed by atoms with van der Waals surface area (Å²) in [7, 11) is 14.0. The lowest BCUT2D eigenvalue weighted by Gasteiger charge is -2.36. The molecule has 0 radical (unpaired) electrons. The fourth-order valence-electron chi connectivity index (χ4n) is 2.87. The van der Waals surface area contributed by atoms with E-state index in [-0.39, 0.29) is 12.3 Å². The van der Waals surface area contributed by atoms with Crippen LogP contribution in [0, 0.1) is 0 Å². The third kappa shape index (κ3) is 5.01. The van der Waals surface area contributed by atoms with Crippen LogP contribution < -0.4 is 5.32 Å².